The molecule has 0 radical (unpaired) electrons. The molecule has 3 nitrogen and oxygen atoms in total. The zero-order valence-electron chi connectivity index (χ0n) is 8.83. The Balaban J connectivity index is 2.41. The molecule has 84 valence electrons. The first kappa shape index (κ1) is 10.7. The molecular formula is C12H12FNO2. The quantitative estimate of drug-likeness (QED) is 0.837. The molecule has 16 heavy (non-hydrogen) atoms. The second kappa shape index (κ2) is 3.96. The Kier molecular flexibility index (Phi) is 2.64. The first-order valence-electron chi connectivity index (χ1n) is 5.06. The number of carboxylic acid groups (broad SMARTS) is 1. The number of nitrogens with one attached hydrogen (secondary N) is 1. The van der Waals surface area contributed by atoms with Crippen LogP contribution in [0.15, 0.2) is 24.4 Å². The van der Waals surface area contributed by atoms with Gasteiger partial charge in [-0.25, -0.2) is 4.39 Å². The second-order valence-electron chi connectivity index (χ2n) is 3.93. The fourth-order valence-electron chi connectivity index (χ4n) is 1.90. The SMILES string of the molecule is CC(CC(=O)O)c1c[nH]c2cc(F)ccc12. The maximum Gasteiger partial charge on any atom is 0.303 e. The molecule has 0 bridgehead atoms. The highest BCUT2D eigenvalue weighted by Gasteiger charge is 2.14. The van der Waals surface area contributed by atoms with Crippen LogP contribution in [0.25, 0.3) is 10.9 Å². The summed E-state index contributed by atoms with van der Waals surface area (Å²) in [5, 5.41) is 9.61. The third kappa shape index (κ3) is 1.91. The fraction of sp³-hybridized carbons (Fsp3) is 0.250. The highest BCUT2D eigenvalue weighted by Crippen LogP contribution is 2.27. The van der Waals surface area contributed by atoms with Crippen LogP contribution in [0, 0.1) is 5.82 Å². The average molecular weight is 221 g/mol. The number of carbonyl (C=O) groups is 1. The topological polar surface area (TPSA) is 53.1 Å². The highest BCUT2D eigenvalue weighted by molar-refractivity contribution is 5.84. The minimum Gasteiger partial charge on any atom is -0.481 e. The summed E-state index contributed by atoms with van der Waals surface area (Å²) in [4.78, 5) is 13.6. The van der Waals surface area contributed by atoms with Crippen molar-refractivity contribution in [3.63, 3.8) is 0 Å². The summed E-state index contributed by atoms with van der Waals surface area (Å²) >= 11 is 0. The molecule has 0 aliphatic rings. The van der Waals surface area contributed by atoms with Crippen molar-refractivity contribution in [3.8, 4) is 0 Å². The molecule has 2 rings (SSSR count). The number of aromatic nitrogens is 1. The van der Waals surface area contributed by atoms with E-state index in [2.05, 4.69) is 4.98 Å². The van der Waals surface area contributed by atoms with E-state index in [9.17, 15) is 9.18 Å². The Morgan fingerprint density at radius 1 is 1.56 bits per heavy atom. The standard InChI is InChI=1S/C12H12FNO2/c1-7(4-12(15)16)10-6-14-11-5-8(13)2-3-9(10)11/h2-3,5-7,14H,4H2,1H3,(H,15,16). The van der Waals surface area contributed by atoms with Crippen molar-refractivity contribution in [2.75, 3.05) is 0 Å². The third-order valence-electron chi connectivity index (χ3n) is 2.69. The van der Waals surface area contributed by atoms with E-state index in [1.807, 2.05) is 6.92 Å². The molecule has 0 aliphatic carbocycles. The van der Waals surface area contributed by atoms with E-state index in [-0.39, 0.29) is 18.2 Å². The first-order chi connectivity index (χ1) is 7.58. The largest absolute Gasteiger partial charge is 0.481 e. The average Bonchev–Trinajstić information content (AvgIpc) is 2.59. The number of benzene rings is 1. The summed E-state index contributed by atoms with van der Waals surface area (Å²) in [6.45, 7) is 1.85. The highest BCUT2D eigenvalue weighted by atomic mass is 19.1. The van der Waals surface area contributed by atoms with E-state index in [0.717, 1.165) is 10.9 Å². The number of carboxylic acids is 1. The molecule has 0 amide bonds. The minimum absolute atomic E-state index is 0.0737. The minimum atomic E-state index is -0.830. The monoisotopic (exact) mass is 221 g/mol. The van der Waals surface area contributed by atoms with E-state index in [1.54, 1.807) is 12.3 Å². The van der Waals surface area contributed by atoms with Crippen LogP contribution >= 0.6 is 0 Å². The van der Waals surface area contributed by atoms with Crippen LogP contribution in [0.3, 0.4) is 0 Å². The Labute approximate surface area is 91.9 Å². The maximum atomic E-state index is 12.9. The summed E-state index contributed by atoms with van der Waals surface area (Å²) in [5.41, 5.74) is 1.62. The molecule has 2 aromatic rings. The van der Waals surface area contributed by atoms with Crippen LogP contribution in [0.4, 0.5) is 4.39 Å². The molecule has 1 heterocycles. The number of hydrogen-bond donors (Lipinski definition) is 2. The molecular weight excluding hydrogens is 209 g/mol. The van der Waals surface area contributed by atoms with Crippen LogP contribution in [-0.4, -0.2) is 16.1 Å². The van der Waals surface area contributed by atoms with E-state index >= 15 is 0 Å². The molecule has 0 saturated heterocycles. The van der Waals surface area contributed by atoms with Gasteiger partial charge >= 0.3 is 5.97 Å². The van der Waals surface area contributed by atoms with E-state index in [1.165, 1.54) is 12.1 Å². The van der Waals surface area contributed by atoms with Crippen molar-refractivity contribution in [1.29, 1.82) is 0 Å². The zero-order chi connectivity index (χ0) is 11.7. The number of H-pyrrole nitrogens is 1. The van der Waals surface area contributed by atoms with Gasteiger partial charge in [-0.2, -0.15) is 0 Å². The van der Waals surface area contributed by atoms with Crippen molar-refractivity contribution >= 4 is 16.9 Å². The molecule has 1 atom stereocenters. The second-order valence-corrected chi connectivity index (χ2v) is 3.93. The van der Waals surface area contributed by atoms with E-state index < -0.39 is 5.97 Å². The molecule has 4 heteroatoms. The van der Waals surface area contributed by atoms with Gasteiger partial charge in [-0.3, -0.25) is 4.79 Å². The van der Waals surface area contributed by atoms with Crippen molar-refractivity contribution in [2.24, 2.45) is 0 Å². The molecule has 0 spiro atoms. The van der Waals surface area contributed by atoms with Gasteiger partial charge in [0.2, 0.25) is 0 Å². The summed E-state index contributed by atoms with van der Waals surface area (Å²) in [7, 11) is 0. The van der Waals surface area contributed by atoms with Crippen molar-refractivity contribution in [3.05, 3.63) is 35.8 Å². The molecule has 0 aliphatic heterocycles. The molecule has 1 aromatic carbocycles. The van der Waals surface area contributed by atoms with Gasteiger partial charge in [0.15, 0.2) is 0 Å². The van der Waals surface area contributed by atoms with Gasteiger partial charge in [0.1, 0.15) is 5.82 Å². The Morgan fingerprint density at radius 2 is 2.31 bits per heavy atom. The van der Waals surface area contributed by atoms with Crippen molar-refractivity contribution in [1.82, 2.24) is 4.98 Å². The van der Waals surface area contributed by atoms with Crippen molar-refractivity contribution in [2.45, 2.75) is 19.3 Å². The summed E-state index contributed by atoms with van der Waals surface area (Å²) < 4.78 is 12.9. The molecule has 0 saturated carbocycles. The Hall–Kier alpha value is -1.84. The van der Waals surface area contributed by atoms with Crippen LogP contribution in [0.1, 0.15) is 24.8 Å². The van der Waals surface area contributed by atoms with Gasteiger partial charge in [0, 0.05) is 17.1 Å². The predicted molar refractivity (Wildman–Crippen MR) is 58.9 cm³/mol. The van der Waals surface area contributed by atoms with E-state index in [4.69, 9.17) is 5.11 Å². The van der Waals surface area contributed by atoms with Crippen LogP contribution in [0.5, 0.6) is 0 Å². The fourth-order valence-corrected chi connectivity index (χ4v) is 1.90. The summed E-state index contributed by atoms with van der Waals surface area (Å²) in [6.07, 6.45) is 1.82. The number of rotatable bonds is 3. The van der Waals surface area contributed by atoms with Crippen LogP contribution in [-0.2, 0) is 4.79 Å². The van der Waals surface area contributed by atoms with Crippen molar-refractivity contribution < 1.29 is 14.3 Å². The van der Waals surface area contributed by atoms with Gasteiger partial charge in [0.05, 0.1) is 6.42 Å². The number of aliphatic carboxylic acids is 1. The van der Waals surface area contributed by atoms with Gasteiger partial charge in [0.25, 0.3) is 0 Å². The molecule has 2 N–H and O–H groups in total. The van der Waals surface area contributed by atoms with Crippen LogP contribution < -0.4 is 0 Å². The van der Waals surface area contributed by atoms with E-state index in [0.29, 0.717) is 5.52 Å². The molecule has 1 unspecified atom stereocenters. The Morgan fingerprint density at radius 3 is 3.00 bits per heavy atom. The van der Waals surface area contributed by atoms with Gasteiger partial charge in [-0.05, 0) is 29.7 Å². The van der Waals surface area contributed by atoms with Crippen LogP contribution in [0.2, 0.25) is 0 Å². The summed E-state index contributed by atoms with van der Waals surface area (Å²) in [5.74, 6) is -1.22. The van der Waals surface area contributed by atoms with Gasteiger partial charge in [-0.1, -0.05) is 6.92 Å². The zero-order valence-corrected chi connectivity index (χ0v) is 8.83. The maximum absolute atomic E-state index is 12.9. The lowest BCUT2D eigenvalue weighted by molar-refractivity contribution is -0.137. The normalized spacial score (nSPS) is 12.9. The van der Waals surface area contributed by atoms with Gasteiger partial charge in [-0.15, -0.1) is 0 Å². The predicted octanol–water partition coefficient (Wildman–Crippen LogP) is 2.89. The number of fused-ring (bicyclic) bond motifs is 1. The number of halogens is 1. The lowest BCUT2D eigenvalue weighted by atomic mass is 9.97. The first-order valence-corrected chi connectivity index (χ1v) is 5.06. The summed E-state index contributed by atoms with van der Waals surface area (Å²) in [6, 6.07) is 4.47. The molecule has 1 aromatic heterocycles. The Bertz CT molecular complexity index is 533. The van der Waals surface area contributed by atoms with Gasteiger partial charge < -0.3 is 10.1 Å². The molecule has 0 fully saturated rings. The number of hydrogen-bond acceptors (Lipinski definition) is 1. The lowest BCUT2D eigenvalue weighted by Crippen LogP contribution is -2.02. The smallest absolute Gasteiger partial charge is 0.303 e. The lowest BCUT2D eigenvalue weighted by Gasteiger charge is -2.06. The number of aromatic amines is 1. The third-order valence-corrected chi connectivity index (χ3v) is 2.69.